The summed E-state index contributed by atoms with van der Waals surface area (Å²) in [5, 5.41) is 11.0. The molecule has 2 rings (SSSR count). The third-order valence-electron chi connectivity index (χ3n) is 2.97. The van der Waals surface area contributed by atoms with Gasteiger partial charge in [0.25, 0.3) is 0 Å². The summed E-state index contributed by atoms with van der Waals surface area (Å²) in [5.74, 6) is 0.778. The fourth-order valence-corrected chi connectivity index (χ4v) is 1.94. The molecule has 0 bridgehead atoms. The van der Waals surface area contributed by atoms with Gasteiger partial charge < -0.3 is 10.5 Å². The third kappa shape index (κ3) is 2.95. The van der Waals surface area contributed by atoms with E-state index in [0.717, 1.165) is 16.7 Å². The predicted octanol–water partition coefficient (Wildman–Crippen LogP) is 3.46. The molecule has 0 unspecified atom stereocenters. The van der Waals surface area contributed by atoms with Gasteiger partial charge in [-0.25, -0.2) is 0 Å². The van der Waals surface area contributed by atoms with Gasteiger partial charge in [0.05, 0.1) is 4.92 Å². The lowest BCUT2D eigenvalue weighted by atomic mass is 10.1. The quantitative estimate of drug-likeness (QED) is 0.682. The molecule has 0 atom stereocenters. The first kappa shape index (κ1) is 14.0. The summed E-state index contributed by atoms with van der Waals surface area (Å²) in [6, 6.07) is 10.4. The normalized spacial score (nSPS) is 10.3. The number of aryl methyl sites for hydroxylation is 2. The zero-order chi connectivity index (χ0) is 14.7. The minimum Gasteiger partial charge on any atom is -0.450 e. The summed E-state index contributed by atoms with van der Waals surface area (Å²) < 4.78 is 5.71. The number of rotatable bonds is 4. The van der Waals surface area contributed by atoms with Gasteiger partial charge in [0, 0.05) is 18.2 Å². The summed E-state index contributed by atoms with van der Waals surface area (Å²) in [7, 11) is 0. The zero-order valence-electron chi connectivity index (χ0n) is 11.4. The minimum atomic E-state index is -0.453. The van der Waals surface area contributed by atoms with E-state index in [1.165, 1.54) is 6.07 Å². The van der Waals surface area contributed by atoms with E-state index in [0.29, 0.717) is 12.3 Å². The Balaban J connectivity index is 2.44. The minimum absolute atomic E-state index is 0.0563. The van der Waals surface area contributed by atoms with Crippen molar-refractivity contribution in [1.29, 1.82) is 0 Å². The van der Waals surface area contributed by atoms with Crippen LogP contribution in [-0.4, -0.2) is 4.92 Å². The fraction of sp³-hybridized carbons (Fsp3) is 0.200. The molecule has 20 heavy (non-hydrogen) atoms. The number of nitrogens with two attached hydrogens (primary N) is 1. The van der Waals surface area contributed by atoms with Crippen molar-refractivity contribution in [3.63, 3.8) is 0 Å². The lowest BCUT2D eigenvalue weighted by molar-refractivity contribution is -0.385. The number of nitro groups is 1. The molecule has 0 aliphatic carbocycles. The van der Waals surface area contributed by atoms with Crippen molar-refractivity contribution in [2.75, 3.05) is 0 Å². The number of ether oxygens (including phenoxy) is 1. The maximum Gasteiger partial charge on any atom is 0.311 e. The number of benzene rings is 2. The van der Waals surface area contributed by atoms with Crippen LogP contribution in [0.3, 0.4) is 0 Å². The molecule has 0 saturated heterocycles. The molecule has 0 heterocycles. The highest BCUT2D eigenvalue weighted by Gasteiger charge is 2.16. The second kappa shape index (κ2) is 5.71. The first-order valence-corrected chi connectivity index (χ1v) is 6.23. The van der Waals surface area contributed by atoms with Crippen LogP contribution in [-0.2, 0) is 6.54 Å². The Hall–Kier alpha value is -2.40. The number of hydrogen-bond acceptors (Lipinski definition) is 4. The lowest BCUT2D eigenvalue weighted by Crippen LogP contribution is -2.01. The second-order valence-electron chi connectivity index (χ2n) is 4.65. The Kier molecular flexibility index (Phi) is 4.00. The average Bonchev–Trinajstić information content (AvgIpc) is 2.40. The molecule has 5 nitrogen and oxygen atoms in total. The van der Waals surface area contributed by atoms with E-state index in [1.807, 2.05) is 26.0 Å². The third-order valence-corrected chi connectivity index (χ3v) is 2.97. The van der Waals surface area contributed by atoms with E-state index < -0.39 is 4.92 Å². The molecular formula is C15H16N2O3. The van der Waals surface area contributed by atoms with Gasteiger partial charge in [-0.1, -0.05) is 23.8 Å². The predicted molar refractivity (Wildman–Crippen MR) is 77.0 cm³/mol. The van der Waals surface area contributed by atoms with Gasteiger partial charge in [-0.3, -0.25) is 10.1 Å². The van der Waals surface area contributed by atoms with E-state index in [-0.39, 0.29) is 11.4 Å². The van der Waals surface area contributed by atoms with E-state index in [9.17, 15) is 10.1 Å². The van der Waals surface area contributed by atoms with Crippen LogP contribution in [0.5, 0.6) is 11.5 Å². The Labute approximate surface area is 117 Å². The van der Waals surface area contributed by atoms with Crippen LogP contribution in [0.15, 0.2) is 36.4 Å². The Bertz CT molecular complexity index is 654. The van der Waals surface area contributed by atoms with Crippen molar-refractivity contribution < 1.29 is 9.66 Å². The van der Waals surface area contributed by atoms with Gasteiger partial charge in [-0.05, 0) is 31.5 Å². The highest BCUT2D eigenvalue weighted by molar-refractivity contribution is 5.51. The van der Waals surface area contributed by atoms with Crippen LogP contribution in [0.2, 0.25) is 0 Å². The van der Waals surface area contributed by atoms with Gasteiger partial charge in [0.1, 0.15) is 5.75 Å². The summed E-state index contributed by atoms with van der Waals surface area (Å²) >= 11 is 0. The van der Waals surface area contributed by atoms with Gasteiger partial charge in [-0.2, -0.15) is 0 Å². The molecule has 0 spiro atoms. The number of nitrogens with zero attached hydrogens (tertiary/aromatic N) is 1. The van der Waals surface area contributed by atoms with Crippen LogP contribution in [0.1, 0.15) is 16.7 Å². The monoisotopic (exact) mass is 272 g/mol. The maximum atomic E-state index is 11.0. The van der Waals surface area contributed by atoms with Crippen molar-refractivity contribution in [2.24, 2.45) is 5.73 Å². The highest BCUT2D eigenvalue weighted by atomic mass is 16.6. The smallest absolute Gasteiger partial charge is 0.311 e. The molecule has 2 N–H and O–H groups in total. The SMILES string of the molecule is Cc1ccc(Oc2cc(C)ccc2[N+](=O)[O-])c(CN)c1. The molecule has 0 amide bonds. The number of hydrogen-bond donors (Lipinski definition) is 1. The Morgan fingerprint density at radius 2 is 1.75 bits per heavy atom. The molecule has 0 saturated carbocycles. The maximum absolute atomic E-state index is 11.0. The topological polar surface area (TPSA) is 78.4 Å². The van der Waals surface area contributed by atoms with Crippen LogP contribution in [0.4, 0.5) is 5.69 Å². The van der Waals surface area contributed by atoms with Crippen molar-refractivity contribution >= 4 is 5.69 Å². The van der Waals surface area contributed by atoms with Gasteiger partial charge in [0.15, 0.2) is 0 Å². The van der Waals surface area contributed by atoms with E-state index in [1.54, 1.807) is 18.2 Å². The summed E-state index contributed by atoms with van der Waals surface area (Å²) in [4.78, 5) is 10.6. The molecule has 0 aliphatic rings. The summed E-state index contributed by atoms with van der Waals surface area (Å²) in [5.41, 5.74) is 8.41. The average molecular weight is 272 g/mol. The van der Waals surface area contributed by atoms with Crippen LogP contribution < -0.4 is 10.5 Å². The largest absolute Gasteiger partial charge is 0.450 e. The van der Waals surface area contributed by atoms with Crippen molar-refractivity contribution in [3.8, 4) is 11.5 Å². The number of nitro benzene ring substituents is 1. The van der Waals surface area contributed by atoms with Crippen LogP contribution >= 0.6 is 0 Å². The molecule has 0 radical (unpaired) electrons. The van der Waals surface area contributed by atoms with Crippen LogP contribution in [0.25, 0.3) is 0 Å². The van der Waals surface area contributed by atoms with E-state index in [4.69, 9.17) is 10.5 Å². The Morgan fingerprint density at radius 1 is 1.10 bits per heavy atom. The Morgan fingerprint density at radius 3 is 2.40 bits per heavy atom. The lowest BCUT2D eigenvalue weighted by Gasteiger charge is -2.11. The van der Waals surface area contributed by atoms with Gasteiger partial charge in [-0.15, -0.1) is 0 Å². The zero-order valence-corrected chi connectivity index (χ0v) is 11.4. The second-order valence-corrected chi connectivity index (χ2v) is 4.65. The van der Waals surface area contributed by atoms with Crippen molar-refractivity contribution in [2.45, 2.75) is 20.4 Å². The molecular weight excluding hydrogens is 256 g/mol. The van der Waals surface area contributed by atoms with Crippen molar-refractivity contribution in [1.82, 2.24) is 0 Å². The molecule has 0 aromatic heterocycles. The van der Waals surface area contributed by atoms with E-state index in [2.05, 4.69) is 0 Å². The molecule has 104 valence electrons. The molecule has 2 aromatic rings. The van der Waals surface area contributed by atoms with Gasteiger partial charge >= 0.3 is 5.69 Å². The fourth-order valence-electron chi connectivity index (χ4n) is 1.94. The summed E-state index contributed by atoms with van der Waals surface area (Å²) in [6.07, 6.45) is 0. The summed E-state index contributed by atoms with van der Waals surface area (Å²) in [6.45, 7) is 4.13. The molecule has 0 aliphatic heterocycles. The van der Waals surface area contributed by atoms with Gasteiger partial charge in [0.2, 0.25) is 5.75 Å². The molecule has 0 fully saturated rings. The van der Waals surface area contributed by atoms with Crippen molar-refractivity contribution in [3.05, 3.63) is 63.2 Å². The van der Waals surface area contributed by atoms with Crippen LogP contribution in [0, 0.1) is 24.0 Å². The molecule has 2 aromatic carbocycles. The molecule has 5 heteroatoms. The highest BCUT2D eigenvalue weighted by Crippen LogP contribution is 2.33. The first-order chi connectivity index (χ1) is 9.51. The first-order valence-electron chi connectivity index (χ1n) is 6.23. The standard InChI is InChI=1S/C15H16N2O3/c1-10-4-6-14(12(7-10)9-16)20-15-8-11(2)3-5-13(15)17(18)19/h3-8H,9,16H2,1-2H3. The van der Waals surface area contributed by atoms with E-state index >= 15 is 0 Å².